The first-order valence-corrected chi connectivity index (χ1v) is 8.32. The SMILES string of the molecule is CCNC(c1ccccc1Cl)C(C)(CC)N1CCOCC1. The molecule has 1 N–H and O–H groups in total. The normalized spacial score (nSPS) is 21.0. The minimum absolute atomic E-state index is 0.0325. The van der Waals surface area contributed by atoms with Crippen LogP contribution in [-0.2, 0) is 4.74 Å². The maximum atomic E-state index is 6.47. The highest BCUT2D eigenvalue weighted by atomic mass is 35.5. The van der Waals surface area contributed by atoms with Gasteiger partial charge >= 0.3 is 0 Å². The highest BCUT2D eigenvalue weighted by Gasteiger charge is 2.40. The quantitative estimate of drug-likeness (QED) is 0.870. The molecule has 1 fully saturated rings. The second-order valence-electron chi connectivity index (χ2n) is 5.82. The molecule has 1 aromatic rings. The zero-order valence-corrected chi connectivity index (χ0v) is 14.1. The monoisotopic (exact) mass is 310 g/mol. The molecule has 21 heavy (non-hydrogen) atoms. The predicted octanol–water partition coefficient (Wildman–Crippen LogP) is 3.49. The fourth-order valence-electron chi connectivity index (χ4n) is 3.26. The third kappa shape index (κ3) is 3.59. The molecule has 1 aliphatic heterocycles. The van der Waals surface area contributed by atoms with Crippen molar-refractivity contribution in [2.24, 2.45) is 0 Å². The van der Waals surface area contributed by atoms with E-state index in [9.17, 15) is 0 Å². The Hall–Kier alpha value is -0.610. The fourth-order valence-corrected chi connectivity index (χ4v) is 3.51. The summed E-state index contributed by atoms with van der Waals surface area (Å²) in [5, 5.41) is 4.51. The Bertz CT molecular complexity index is 448. The first kappa shape index (κ1) is 16.8. The second kappa shape index (κ2) is 7.59. The molecule has 0 spiro atoms. The highest BCUT2D eigenvalue weighted by molar-refractivity contribution is 6.31. The lowest BCUT2D eigenvalue weighted by atomic mass is 9.82. The van der Waals surface area contributed by atoms with Crippen LogP contribution in [0.15, 0.2) is 24.3 Å². The van der Waals surface area contributed by atoms with Gasteiger partial charge in [-0.15, -0.1) is 0 Å². The molecule has 3 nitrogen and oxygen atoms in total. The minimum Gasteiger partial charge on any atom is -0.379 e. The van der Waals surface area contributed by atoms with Gasteiger partial charge in [0.1, 0.15) is 0 Å². The van der Waals surface area contributed by atoms with Crippen molar-refractivity contribution < 1.29 is 4.74 Å². The lowest BCUT2D eigenvalue weighted by molar-refractivity contribution is -0.0326. The van der Waals surface area contributed by atoms with E-state index in [1.165, 1.54) is 5.56 Å². The number of ether oxygens (including phenoxy) is 1. The van der Waals surface area contributed by atoms with Gasteiger partial charge in [0.15, 0.2) is 0 Å². The zero-order chi connectivity index (χ0) is 15.3. The van der Waals surface area contributed by atoms with E-state index in [4.69, 9.17) is 16.3 Å². The van der Waals surface area contributed by atoms with Gasteiger partial charge in [-0.2, -0.15) is 0 Å². The number of nitrogens with zero attached hydrogens (tertiary/aromatic N) is 1. The fraction of sp³-hybridized carbons (Fsp3) is 0.647. The Morgan fingerprint density at radius 3 is 2.52 bits per heavy atom. The standard InChI is InChI=1S/C17H27ClN2O/c1-4-17(3,20-10-12-21-13-11-20)16(19-5-2)14-8-6-7-9-15(14)18/h6-9,16,19H,4-5,10-13H2,1-3H3. The van der Waals surface area contributed by atoms with E-state index in [0.29, 0.717) is 0 Å². The van der Waals surface area contributed by atoms with E-state index in [2.05, 4.69) is 43.1 Å². The molecule has 0 radical (unpaired) electrons. The van der Waals surface area contributed by atoms with Crippen molar-refractivity contribution >= 4 is 11.6 Å². The van der Waals surface area contributed by atoms with Gasteiger partial charge in [0.2, 0.25) is 0 Å². The van der Waals surface area contributed by atoms with Crippen LogP contribution in [0.4, 0.5) is 0 Å². The molecule has 0 aromatic heterocycles. The van der Waals surface area contributed by atoms with E-state index in [1.807, 2.05) is 12.1 Å². The summed E-state index contributed by atoms with van der Waals surface area (Å²) in [6.45, 7) is 11.3. The molecular weight excluding hydrogens is 284 g/mol. The average molecular weight is 311 g/mol. The Morgan fingerprint density at radius 1 is 1.29 bits per heavy atom. The van der Waals surface area contributed by atoms with Crippen LogP contribution in [0.5, 0.6) is 0 Å². The van der Waals surface area contributed by atoms with Crippen LogP contribution >= 0.6 is 11.6 Å². The lowest BCUT2D eigenvalue weighted by Crippen LogP contribution is -2.57. The predicted molar refractivity (Wildman–Crippen MR) is 89.0 cm³/mol. The largest absolute Gasteiger partial charge is 0.379 e. The topological polar surface area (TPSA) is 24.5 Å². The van der Waals surface area contributed by atoms with Crippen LogP contribution < -0.4 is 5.32 Å². The van der Waals surface area contributed by atoms with Gasteiger partial charge in [-0.25, -0.2) is 0 Å². The third-order valence-corrected chi connectivity index (χ3v) is 5.04. The summed E-state index contributed by atoms with van der Waals surface area (Å²) in [5.41, 5.74) is 1.22. The van der Waals surface area contributed by atoms with Gasteiger partial charge in [-0.05, 0) is 31.5 Å². The molecule has 1 aromatic carbocycles. The number of likely N-dealkylation sites (N-methyl/N-ethyl adjacent to an activating group) is 1. The summed E-state index contributed by atoms with van der Waals surface area (Å²) in [7, 11) is 0. The first-order valence-electron chi connectivity index (χ1n) is 7.94. The summed E-state index contributed by atoms with van der Waals surface area (Å²) < 4.78 is 5.52. The van der Waals surface area contributed by atoms with Gasteiger partial charge < -0.3 is 10.1 Å². The highest BCUT2D eigenvalue weighted by Crippen LogP contribution is 2.37. The number of hydrogen-bond acceptors (Lipinski definition) is 3. The summed E-state index contributed by atoms with van der Waals surface area (Å²) >= 11 is 6.47. The number of halogens is 1. The zero-order valence-electron chi connectivity index (χ0n) is 13.4. The summed E-state index contributed by atoms with van der Waals surface area (Å²) in [6, 6.07) is 8.41. The average Bonchev–Trinajstić information content (AvgIpc) is 2.53. The van der Waals surface area contributed by atoms with Crippen molar-refractivity contribution in [1.82, 2.24) is 10.2 Å². The second-order valence-corrected chi connectivity index (χ2v) is 6.23. The van der Waals surface area contributed by atoms with E-state index >= 15 is 0 Å². The molecule has 0 bridgehead atoms. The Morgan fingerprint density at radius 2 is 1.95 bits per heavy atom. The van der Waals surface area contributed by atoms with Crippen molar-refractivity contribution in [2.75, 3.05) is 32.8 Å². The van der Waals surface area contributed by atoms with Gasteiger partial charge in [0, 0.05) is 23.7 Å². The van der Waals surface area contributed by atoms with E-state index in [0.717, 1.165) is 44.3 Å². The van der Waals surface area contributed by atoms with E-state index in [-0.39, 0.29) is 11.6 Å². The Kier molecular flexibility index (Phi) is 6.06. The Labute approximate surface area is 133 Å². The van der Waals surface area contributed by atoms with E-state index in [1.54, 1.807) is 0 Å². The molecule has 0 amide bonds. The molecule has 0 saturated carbocycles. The molecule has 2 atom stereocenters. The molecule has 1 saturated heterocycles. The van der Waals surface area contributed by atoms with Gasteiger partial charge in [-0.1, -0.05) is 43.6 Å². The van der Waals surface area contributed by atoms with Crippen molar-refractivity contribution in [1.29, 1.82) is 0 Å². The number of morpholine rings is 1. The Balaban J connectivity index is 2.35. The molecule has 2 unspecified atom stereocenters. The maximum Gasteiger partial charge on any atom is 0.0594 e. The van der Waals surface area contributed by atoms with Crippen molar-refractivity contribution in [2.45, 2.75) is 38.8 Å². The molecule has 0 aliphatic carbocycles. The van der Waals surface area contributed by atoms with Crippen molar-refractivity contribution in [3.8, 4) is 0 Å². The van der Waals surface area contributed by atoms with Crippen LogP contribution in [0.2, 0.25) is 5.02 Å². The summed E-state index contributed by atoms with van der Waals surface area (Å²) in [6.07, 6.45) is 1.07. The van der Waals surface area contributed by atoms with Crippen LogP contribution in [-0.4, -0.2) is 43.3 Å². The summed E-state index contributed by atoms with van der Waals surface area (Å²) in [5.74, 6) is 0. The number of nitrogens with one attached hydrogen (secondary N) is 1. The first-order chi connectivity index (χ1) is 10.1. The lowest BCUT2D eigenvalue weighted by Gasteiger charge is -2.48. The number of rotatable bonds is 6. The van der Waals surface area contributed by atoms with Crippen molar-refractivity contribution in [3.63, 3.8) is 0 Å². The number of benzene rings is 1. The van der Waals surface area contributed by atoms with Gasteiger partial charge in [0.25, 0.3) is 0 Å². The third-order valence-electron chi connectivity index (χ3n) is 4.70. The van der Waals surface area contributed by atoms with Crippen LogP contribution in [0.3, 0.4) is 0 Å². The number of hydrogen-bond donors (Lipinski definition) is 1. The minimum atomic E-state index is 0.0325. The van der Waals surface area contributed by atoms with E-state index < -0.39 is 0 Å². The van der Waals surface area contributed by atoms with Crippen molar-refractivity contribution in [3.05, 3.63) is 34.9 Å². The molecule has 1 aliphatic rings. The van der Waals surface area contributed by atoms with Gasteiger partial charge in [-0.3, -0.25) is 4.90 Å². The van der Waals surface area contributed by atoms with Gasteiger partial charge in [0.05, 0.1) is 19.3 Å². The molecule has 1 heterocycles. The van der Waals surface area contributed by atoms with Crippen LogP contribution in [0.1, 0.15) is 38.8 Å². The molecule has 118 valence electrons. The van der Waals surface area contributed by atoms with Crippen LogP contribution in [0.25, 0.3) is 0 Å². The molecule has 4 heteroatoms. The maximum absolute atomic E-state index is 6.47. The molecular formula is C17H27ClN2O. The van der Waals surface area contributed by atoms with Crippen LogP contribution in [0, 0.1) is 0 Å². The summed E-state index contributed by atoms with van der Waals surface area (Å²) in [4.78, 5) is 2.55. The smallest absolute Gasteiger partial charge is 0.0594 e. The molecule has 2 rings (SSSR count).